The molecule has 0 radical (unpaired) electrons. The van der Waals surface area contributed by atoms with Gasteiger partial charge in [0.05, 0.1) is 18.2 Å². The number of nitrogens with one attached hydrogen (secondary N) is 1. The second-order valence-corrected chi connectivity index (χ2v) is 8.35. The lowest BCUT2D eigenvalue weighted by Crippen LogP contribution is -2.33. The summed E-state index contributed by atoms with van der Waals surface area (Å²) in [6.45, 7) is 0.289. The molecule has 1 N–H and O–H groups in total. The Kier molecular flexibility index (Phi) is 7.91. The van der Waals surface area contributed by atoms with E-state index in [-0.39, 0.29) is 30.4 Å². The summed E-state index contributed by atoms with van der Waals surface area (Å²) in [5, 5.41) is 20.2. The first-order valence-corrected chi connectivity index (χ1v) is 11.0. The molecule has 12 heteroatoms. The molecule has 0 bridgehead atoms. The van der Waals surface area contributed by atoms with Crippen LogP contribution < -0.4 is 15.0 Å². The molecule has 0 saturated heterocycles. The van der Waals surface area contributed by atoms with Crippen molar-refractivity contribution in [2.45, 2.75) is 17.1 Å². The second-order valence-electron chi connectivity index (χ2n) is 6.15. The molecule has 1 amide bonds. The number of alkyl halides is 3. The Hall–Kier alpha value is -3.30. The topological polar surface area (TPSA) is 91.1 Å². The molecule has 3 rings (SSSR count). The summed E-state index contributed by atoms with van der Waals surface area (Å²) < 4.78 is 41.1. The number of amides is 1. The van der Waals surface area contributed by atoms with E-state index in [2.05, 4.69) is 20.3 Å². The fourth-order valence-electron chi connectivity index (χ4n) is 2.55. The van der Waals surface area contributed by atoms with Crippen LogP contribution in [0.3, 0.4) is 0 Å². The summed E-state index contributed by atoms with van der Waals surface area (Å²) in [6, 6.07) is 16.4. The third kappa shape index (κ3) is 7.14. The summed E-state index contributed by atoms with van der Waals surface area (Å²) >= 11 is 2.42. The van der Waals surface area contributed by atoms with Gasteiger partial charge in [-0.2, -0.15) is 5.26 Å². The predicted molar refractivity (Wildman–Crippen MR) is 116 cm³/mol. The number of hydrogen-bond donors (Lipinski definition) is 1. The van der Waals surface area contributed by atoms with Crippen LogP contribution in [0, 0.1) is 11.3 Å². The number of para-hydroxylation sites is 1. The molecule has 0 aliphatic carbocycles. The Balaban J connectivity index is 1.56. The van der Waals surface area contributed by atoms with E-state index in [1.807, 2.05) is 24.3 Å². The molecule has 1 aromatic heterocycles. The van der Waals surface area contributed by atoms with Gasteiger partial charge in [0.15, 0.2) is 4.34 Å². The minimum absolute atomic E-state index is 0.110. The fraction of sp³-hybridized carbons (Fsp3) is 0.200. The second kappa shape index (κ2) is 10.8. The van der Waals surface area contributed by atoms with Crippen LogP contribution in [0.5, 0.6) is 5.75 Å². The zero-order valence-corrected chi connectivity index (χ0v) is 18.0. The van der Waals surface area contributed by atoms with Crippen molar-refractivity contribution < 1.29 is 22.7 Å². The number of thioether (sulfide) groups is 1. The summed E-state index contributed by atoms with van der Waals surface area (Å²) in [5.41, 5.74) is 1.22. The summed E-state index contributed by atoms with van der Waals surface area (Å²) in [5.74, 6) is -0.380. The van der Waals surface area contributed by atoms with Crippen LogP contribution in [0.1, 0.15) is 6.42 Å². The van der Waals surface area contributed by atoms with Crippen molar-refractivity contribution in [2.75, 3.05) is 22.5 Å². The molecule has 3 aromatic rings. The van der Waals surface area contributed by atoms with Gasteiger partial charge in [-0.15, -0.1) is 23.4 Å². The number of nitriles is 1. The molecule has 7 nitrogen and oxygen atoms in total. The van der Waals surface area contributed by atoms with Gasteiger partial charge in [0.2, 0.25) is 11.0 Å². The van der Waals surface area contributed by atoms with E-state index in [1.54, 1.807) is 17.0 Å². The molecule has 32 heavy (non-hydrogen) atoms. The van der Waals surface area contributed by atoms with Gasteiger partial charge in [-0.05, 0) is 36.4 Å². The Morgan fingerprint density at radius 3 is 2.53 bits per heavy atom. The van der Waals surface area contributed by atoms with Crippen LogP contribution in [0.2, 0.25) is 0 Å². The Morgan fingerprint density at radius 2 is 1.88 bits per heavy atom. The smallest absolute Gasteiger partial charge is 0.406 e. The summed E-state index contributed by atoms with van der Waals surface area (Å²) in [6.07, 6.45) is -4.53. The number of nitrogens with zero attached hydrogens (tertiary/aromatic N) is 4. The van der Waals surface area contributed by atoms with Crippen LogP contribution in [0.15, 0.2) is 58.9 Å². The standard InChI is InChI=1S/C20H16F3N5O2S2/c21-20(22,23)30-16-9-7-14(8-10-16)25-18-26-27-19(32-18)31-13-17(29)28(12-4-11-24)15-5-2-1-3-6-15/h1-3,5-10H,4,12-13H2,(H,25,26). The van der Waals surface area contributed by atoms with E-state index in [0.29, 0.717) is 20.8 Å². The molecule has 166 valence electrons. The van der Waals surface area contributed by atoms with Crippen molar-refractivity contribution in [3.8, 4) is 11.8 Å². The van der Waals surface area contributed by atoms with E-state index >= 15 is 0 Å². The highest BCUT2D eigenvalue weighted by molar-refractivity contribution is 8.01. The van der Waals surface area contributed by atoms with E-state index < -0.39 is 6.36 Å². The average Bonchev–Trinajstić information content (AvgIpc) is 3.21. The Bertz CT molecular complexity index is 1070. The lowest BCUT2D eigenvalue weighted by molar-refractivity contribution is -0.274. The zero-order valence-electron chi connectivity index (χ0n) is 16.4. The van der Waals surface area contributed by atoms with Gasteiger partial charge >= 0.3 is 6.36 Å². The lowest BCUT2D eigenvalue weighted by Gasteiger charge is -2.21. The average molecular weight is 480 g/mol. The number of ether oxygens (including phenoxy) is 1. The van der Waals surface area contributed by atoms with Crippen LogP contribution in [0.4, 0.5) is 29.7 Å². The Morgan fingerprint density at radius 1 is 1.16 bits per heavy atom. The maximum Gasteiger partial charge on any atom is 0.573 e. The van der Waals surface area contributed by atoms with Crippen molar-refractivity contribution in [3.63, 3.8) is 0 Å². The minimum atomic E-state index is -4.75. The number of benzene rings is 2. The number of anilines is 3. The van der Waals surface area contributed by atoms with E-state index in [0.717, 1.165) is 0 Å². The van der Waals surface area contributed by atoms with Gasteiger partial charge in [-0.3, -0.25) is 4.79 Å². The molecular weight excluding hydrogens is 463 g/mol. The zero-order chi connectivity index (χ0) is 23.0. The van der Waals surface area contributed by atoms with Crippen molar-refractivity contribution in [3.05, 3.63) is 54.6 Å². The fourth-order valence-corrected chi connectivity index (χ4v) is 4.20. The lowest BCUT2D eigenvalue weighted by atomic mass is 10.2. The van der Waals surface area contributed by atoms with Gasteiger partial charge in [0, 0.05) is 17.9 Å². The minimum Gasteiger partial charge on any atom is -0.406 e. The first-order valence-electron chi connectivity index (χ1n) is 9.15. The predicted octanol–water partition coefficient (Wildman–Crippen LogP) is 5.22. The van der Waals surface area contributed by atoms with Crippen molar-refractivity contribution in [2.24, 2.45) is 0 Å². The maximum atomic E-state index is 12.7. The normalized spacial score (nSPS) is 10.9. The van der Waals surface area contributed by atoms with E-state index in [9.17, 15) is 18.0 Å². The summed E-state index contributed by atoms with van der Waals surface area (Å²) in [7, 11) is 0. The SMILES string of the molecule is N#CCCN(C(=O)CSc1nnc(Nc2ccc(OC(F)(F)F)cc2)s1)c1ccccc1. The largest absolute Gasteiger partial charge is 0.573 e. The van der Waals surface area contributed by atoms with Gasteiger partial charge in [0.25, 0.3) is 0 Å². The van der Waals surface area contributed by atoms with E-state index in [4.69, 9.17) is 5.26 Å². The van der Waals surface area contributed by atoms with Crippen LogP contribution >= 0.6 is 23.1 Å². The van der Waals surface area contributed by atoms with Crippen molar-refractivity contribution in [1.29, 1.82) is 5.26 Å². The highest BCUT2D eigenvalue weighted by Crippen LogP contribution is 2.30. The molecular formula is C20H16F3N5O2S2. The van der Waals surface area contributed by atoms with Gasteiger partial charge in [0.1, 0.15) is 5.75 Å². The molecule has 0 unspecified atom stereocenters. The van der Waals surface area contributed by atoms with Crippen LogP contribution in [0.25, 0.3) is 0 Å². The highest BCUT2D eigenvalue weighted by Gasteiger charge is 2.31. The van der Waals surface area contributed by atoms with Crippen LogP contribution in [-0.2, 0) is 4.79 Å². The number of rotatable bonds is 9. The number of carbonyl (C=O) groups is 1. The van der Waals surface area contributed by atoms with Gasteiger partial charge in [-0.25, -0.2) is 0 Å². The first kappa shape index (κ1) is 23.4. The first-order chi connectivity index (χ1) is 15.3. The van der Waals surface area contributed by atoms with Crippen molar-refractivity contribution >= 4 is 45.5 Å². The van der Waals surface area contributed by atoms with Gasteiger partial charge in [-0.1, -0.05) is 41.3 Å². The number of aromatic nitrogens is 2. The molecule has 0 fully saturated rings. The molecule has 0 aliphatic rings. The maximum absolute atomic E-state index is 12.7. The monoisotopic (exact) mass is 479 g/mol. The molecule has 0 aliphatic heterocycles. The molecule has 0 spiro atoms. The van der Waals surface area contributed by atoms with Gasteiger partial charge < -0.3 is 15.0 Å². The highest BCUT2D eigenvalue weighted by atomic mass is 32.2. The number of halogens is 3. The van der Waals surface area contributed by atoms with Crippen LogP contribution in [-0.4, -0.2) is 34.8 Å². The number of hydrogen-bond acceptors (Lipinski definition) is 8. The van der Waals surface area contributed by atoms with E-state index in [1.165, 1.54) is 47.4 Å². The quantitative estimate of drug-likeness (QED) is 0.421. The molecule has 0 saturated carbocycles. The summed E-state index contributed by atoms with van der Waals surface area (Å²) in [4.78, 5) is 14.3. The molecule has 0 atom stereocenters. The number of carbonyl (C=O) groups excluding carboxylic acids is 1. The molecule has 1 heterocycles. The third-order valence-corrected chi connectivity index (χ3v) is 5.84. The third-order valence-electron chi connectivity index (χ3n) is 3.88. The van der Waals surface area contributed by atoms with Crippen molar-refractivity contribution in [1.82, 2.24) is 10.2 Å². The molecule has 2 aromatic carbocycles. The Labute approximate surface area is 189 Å².